The van der Waals surface area contributed by atoms with Crippen LogP contribution in [0.5, 0.6) is 5.75 Å². The Kier molecular flexibility index (Phi) is 5.54. The van der Waals surface area contributed by atoms with E-state index < -0.39 is 22.1 Å². The van der Waals surface area contributed by atoms with Gasteiger partial charge in [0.05, 0.1) is 15.9 Å². The molecule has 2 N–H and O–H groups in total. The van der Waals surface area contributed by atoms with Crippen molar-refractivity contribution in [3.8, 4) is 5.75 Å². The third-order valence-corrected chi connectivity index (χ3v) is 6.91. The van der Waals surface area contributed by atoms with Crippen molar-refractivity contribution >= 4 is 21.1 Å². The number of nitrogens with one attached hydrogen (secondary N) is 2. The lowest BCUT2D eigenvalue weighted by Gasteiger charge is -2.34. The van der Waals surface area contributed by atoms with Gasteiger partial charge in [-0.25, -0.2) is 13.2 Å². The number of halogens is 3. The molecule has 1 aliphatic heterocycles. The highest BCUT2D eigenvalue weighted by atomic mass is 32.2. The summed E-state index contributed by atoms with van der Waals surface area (Å²) in [5.41, 5.74) is 1.34. The third kappa shape index (κ3) is 4.92. The Morgan fingerprint density at radius 2 is 1.58 bits per heavy atom. The fourth-order valence-electron chi connectivity index (χ4n) is 3.50. The maximum Gasteiger partial charge on any atom is 0.573 e. The highest BCUT2D eigenvalue weighted by molar-refractivity contribution is 7.89. The monoisotopic (exact) mass is 456 g/mol. The molecule has 166 valence electrons. The van der Waals surface area contributed by atoms with Crippen LogP contribution in [0.25, 0.3) is 11.0 Å². The average Bonchev–Trinajstić information content (AvgIpc) is 3.08. The van der Waals surface area contributed by atoms with Gasteiger partial charge < -0.3 is 14.7 Å². The van der Waals surface area contributed by atoms with Crippen molar-refractivity contribution in [2.24, 2.45) is 0 Å². The first-order valence-electron chi connectivity index (χ1n) is 9.39. The summed E-state index contributed by atoms with van der Waals surface area (Å²) in [6, 6.07) is 10.0. The van der Waals surface area contributed by atoms with Crippen LogP contribution in [0.2, 0.25) is 0 Å². The summed E-state index contributed by atoms with van der Waals surface area (Å²) < 4.78 is 67.9. The van der Waals surface area contributed by atoms with Gasteiger partial charge in [0.2, 0.25) is 10.0 Å². The van der Waals surface area contributed by atoms with Gasteiger partial charge in [-0.1, -0.05) is 12.1 Å². The highest BCUT2D eigenvalue weighted by Crippen LogP contribution is 2.24. The molecular weight excluding hydrogens is 437 g/mol. The number of aromatic amines is 2. The van der Waals surface area contributed by atoms with Crippen LogP contribution in [0.15, 0.2) is 52.2 Å². The Balaban J connectivity index is 1.38. The minimum atomic E-state index is -4.73. The first-order valence-corrected chi connectivity index (χ1v) is 10.8. The maximum absolute atomic E-state index is 13.0. The summed E-state index contributed by atoms with van der Waals surface area (Å²) in [7, 11) is -3.72. The van der Waals surface area contributed by atoms with Gasteiger partial charge in [0.1, 0.15) is 5.75 Å². The SMILES string of the molecule is O=c1[nH]c2ccc(S(=O)(=O)N3CCN(Cc4ccc(OC(F)(F)F)cc4)CC3)cc2[nH]1. The van der Waals surface area contributed by atoms with Crippen molar-refractivity contribution in [1.82, 2.24) is 19.2 Å². The van der Waals surface area contributed by atoms with E-state index in [2.05, 4.69) is 14.7 Å². The number of H-pyrrole nitrogens is 2. The summed E-state index contributed by atoms with van der Waals surface area (Å²) in [6.07, 6.45) is -4.73. The number of fused-ring (bicyclic) bond motifs is 1. The number of alkyl halides is 3. The predicted molar refractivity (Wildman–Crippen MR) is 106 cm³/mol. The van der Waals surface area contributed by atoms with Crippen LogP contribution in [0.3, 0.4) is 0 Å². The number of hydrogen-bond donors (Lipinski definition) is 2. The smallest absolute Gasteiger partial charge is 0.406 e. The van der Waals surface area contributed by atoms with Crippen LogP contribution in [-0.2, 0) is 16.6 Å². The number of benzene rings is 2. The molecule has 0 bridgehead atoms. The first-order chi connectivity index (χ1) is 14.6. The van der Waals surface area contributed by atoms with E-state index in [1.807, 2.05) is 4.90 Å². The molecule has 3 aromatic rings. The van der Waals surface area contributed by atoms with E-state index in [1.165, 1.54) is 28.6 Å². The van der Waals surface area contributed by atoms with E-state index in [0.29, 0.717) is 30.7 Å². The number of sulfonamides is 1. The Bertz CT molecular complexity index is 1230. The molecule has 1 saturated heterocycles. The Hall–Kier alpha value is -2.83. The molecule has 4 rings (SSSR count). The van der Waals surface area contributed by atoms with Crippen LogP contribution in [0.1, 0.15) is 5.56 Å². The van der Waals surface area contributed by atoms with Crippen molar-refractivity contribution in [2.75, 3.05) is 26.2 Å². The molecule has 0 aliphatic carbocycles. The van der Waals surface area contributed by atoms with E-state index in [4.69, 9.17) is 0 Å². The largest absolute Gasteiger partial charge is 0.573 e. The average molecular weight is 456 g/mol. The zero-order chi connectivity index (χ0) is 22.2. The lowest BCUT2D eigenvalue weighted by molar-refractivity contribution is -0.274. The number of hydrogen-bond acceptors (Lipinski definition) is 5. The van der Waals surface area contributed by atoms with E-state index in [0.717, 1.165) is 5.56 Å². The van der Waals surface area contributed by atoms with Gasteiger partial charge in [-0.3, -0.25) is 4.90 Å². The Labute approximate surface area is 175 Å². The van der Waals surface area contributed by atoms with E-state index in [1.54, 1.807) is 18.2 Å². The van der Waals surface area contributed by atoms with Gasteiger partial charge >= 0.3 is 12.1 Å². The maximum atomic E-state index is 13.0. The van der Waals surface area contributed by atoms with Crippen molar-refractivity contribution in [2.45, 2.75) is 17.8 Å². The highest BCUT2D eigenvalue weighted by Gasteiger charge is 2.31. The van der Waals surface area contributed by atoms with Crippen molar-refractivity contribution in [3.05, 3.63) is 58.5 Å². The molecule has 0 radical (unpaired) electrons. The lowest BCUT2D eigenvalue weighted by Crippen LogP contribution is -2.48. The van der Waals surface area contributed by atoms with Crippen LogP contribution in [-0.4, -0.2) is 60.1 Å². The van der Waals surface area contributed by atoms with Crippen LogP contribution in [0, 0.1) is 0 Å². The molecule has 1 aromatic heterocycles. The van der Waals surface area contributed by atoms with Gasteiger partial charge in [-0.15, -0.1) is 13.2 Å². The van der Waals surface area contributed by atoms with Gasteiger partial charge in [0.25, 0.3) is 0 Å². The predicted octanol–water partition coefficient (Wildman–Crippen LogP) is 2.26. The quantitative estimate of drug-likeness (QED) is 0.614. The summed E-state index contributed by atoms with van der Waals surface area (Å²) >= 11 is 0. The van der Waals surface area contributed by atoms with E-state index >= 15 is 0 Å². The molecule has 0 saturated carbocycles. The number of aromatic nitrogens is 2. The van der Waals surface area contributed by atoms with Crippen LogP contribution >= 0.6 is 0 Å². The fourth-order valence-corrected chi connectivity index (χ4v) is 4.95. The molecule has 12 heteroatoms. The molecule has 0 unspecified atom stereocenters. The van der Waals surface area contributed by atoms with Crippen LogP contribution < -0.4 is 10.4 Å². The Morgan fingerprint density at radius 3 is 2.23 bits per heavy atom. The molecule has 2 heterocycles. The lowest BCUT2D eigenvalue weighted by atomic mass is 10.2. The topological polar surface area (TPSA) is 98.5 Å². The minimum absolute atomic E-state index is 0.101. The second kappa shape index (κ2) is 8.02. The minimum Gasteiger partial charge on any atom is -0.406 e. The van der Waals surface area contributed by atoms with E-state index in [-0.39, 0.29) is 23.7 Å². The zero-order valence-electron chi connectivity index (χ0n) is 16.1. The van der Waals surface area contributed by atoms with Crippen molar-refractivity contribution < 1.29 is 26.3 Å². The molecular formula is C19H19F3N4O4S. The number of ether oxygens (including phenoxy) is 1. The second-order valence-electron chi connectivity index (χ2n) is 7.16. The van der Waals surface area contributed by atoms with Crippen molar-refractivity contribution in [3.63, 3.8) is 0 Å². The summed E-state index contributed by atoms with van der Waals surface area (Å²) in [4.78, 5) is 18.6. The van der Waals surface area contributed by atoms with Gasteiger partial charge in [0, 0.05) is 32.7 Å². The summed E-state index contributed by atoms with van der Waals surface area (Å²) in [5.74, 6) is -0.284. The normalized spacial score (nSPS) is 16.6. The number of imidazole rings is 1. The third-order valence-electron chi connectivity index (χ3n) is 5.02. The molecule has 0 amide bonds. The van der Waals surface area contributed by atoms with Gasteiger partial charge in [-0.05, 0) is 35.9 Å². The molecule has 1 aliphatic rings. The van der Waals surface area contributed by atoms with Crippen molar-refractivity contribution in [1.29, 1.82) is 0 Å². The zero-order valence-corrected chi connectivity index (χ0v) is 17.0. The second-order valence-corrected chi connectivity index (χ2v) is 9.10. The number of rotatable bonds is 5. The first kappa shape index (κ1) is 21.4. The molecule has 8 nitrogen and oxygen atoms in total. The van der Waals surface area contributed by atoms with E-state index in [9.17, 15) is 26.4 Å². The fraction of sp³-hybridized carbons (Fsp3) is 0.316. The van der Waals surface area contributed by atoms with Gasteiger partial charge in [-0.2, -0.15) is 4.31 Å². The molecule has 1 fully saturated rings. The summed E-state index contributed by atoms with van der Waals surface area (Å²) in [5, 5.41) is 0. The number of piperazine rings is 1. The molecule has 0 spiro atoms. The van der Waals surface area contributed by atoms with Crippen LogP contribution in [0.4, 0.5) is 13.2 Å². The standard InChI is InChI=1S/C19H19F3N4O4S/c20-19(21,22)30-14-3-1-13(2-4-14)12-25-7-9-26(10-8-25)31(28,29)15-5-6-16-17(11-15)24-18(27)23-16/h1-6,11H,7-10,12H2,(H2,23,24,27). The number of nitrogens with zero attached hydrogens (tertiary/aromatic N) is 2. The summed E-state index contributed by atoms with van der Waals surface area (Å²) in [6.45, 7) is 1.99. The molecule has 0 atom stereocenters. The van der Waals surface area contributed by atoms with Gasteiger partial charge in [0.15, 0.2) is 0 Å². The Morgan fingerprint density at radius 1 is 0.935 bits per heavy atom. The molecule has 2 aromatic carbocycles. The molecule has 31 heavy (non-hydrogen) atoms.